The van der Waals surface area contributed by atoms with E-state index in [0.29, 0.717) is 35.6 Å². The lowest BCUT2D eigenvalue weighted by Gasteiger charge is -2.38. The summed E-state index contributed by atoms with van der Waals surface area (Å²) in [7, 11) is 0. The van der Waals surface area contributed by atoms with Crippen molar-refractivity contribution in [2.45, 2.75) is 57.5 Å². The molecule has 13 heteroatoms. The number of nitrogen functional groups attached to an aromatic ring is 1. The number of nitrogens with zero attached hydrogens (tertiary/aromatic N) is 9. The molecule has 13 nitrogen and oxygen atoms in total. The number of pyridine rings is 1. The summed E-state index contributed by atoms with van der Waals surface area (Å²) in [5.74, 6) is 0.873. The Morgan fingerprint density at radius 1 is 1.07 bits per heavy atom. The van der Waals surface area contributed by atoms with Crippen LogP contribution in [0.25, 0.3) is 22.6 Å². The molecule has 0 unspecified atom stereocenters. The summed E-state index contributed by atoms with van der Waals surface area (Å²) in [6.07, 6.45) is 11.7. The molecule has 5 aromatic rings. The zero-order valence-corrected chi connectivity index (χ0v) is 22.0. The maximum absolute atomic E-state index is 13.1. The van der Waals surface area contributed by atoms with Crippen molar-refractivity contribution >= 4 is 23.2 Å². The monoisotopic (exact) mass is 537 g/mol. The van der Waals surface area contributed by atoms with Gasteiger partial charge in [0.1, 0.15) is 12.1 Å². The van der Waals surface area contributed by atoms with Crippen molar-refractivity contribution < 1.29 is 9.59 Å². The molecule has 0 radical (unpaired) electrons. The van der Waals surface area contributed by atoms with Crippen LogP contribution in [0.4, 0.5) is 5.82 Å². The second-order valence-corrected chi connectivity index (χ2v) is 10.6. The minimum absolute atomic E-state index is 0.0208. The first-order valence-corrected chi connectivity index (χ1v) is 13.2. The Bertz CT molecular complexity index is 1740. The predicted molar refractivity (Wildman–Crippen MR) is 144 cm³/mol. The Morgan fingerprint density at radius 3 is 2.50 bits per heavy atom. The summed E-state index contributed by atoms with van der Waals surface area (Å²) >= 11 is 0. The Morgan fingerprint density at radius 2 is 1.88 bits per heavy atom. The Hall–Kier alpha value is -4.94. The molecule has 0 aliphatic carbocycles. The molecule has 2 saturated heterocycles. The molecule has 3 N–H and O–H groups in total. The van der Waals surface area contributed by atoms with Gasteiger partial charge in [0.05, 0.1) is 23.7 Å². The maximum atomic E-state index is 13.1. The molecular weight excluding hydrogens is 510 g/mol. The molecular formula is C27H27N11O2. The van der Waals surface area contributed by atoms with E-state index >= 15 is 0 Å². The SMILES string of the molecule is CC(=O)c1c([C@@H]2C[C@H]3CC[C@@H](C2)N3C(=O)c2nnc[nH]2)nc2c(-c3ccc(-n4cc(C)cn4)nc3)cnn2c1N. The fourth-order valence-electron chi connectivity index (χ4n) is 6.28. The summed E-state index contributed by atoms with van der Waals surface area (Å²) in [5, 5.41) is 16.5. The van der Waals surface area contributed by atoms with Gasteiger partial charge in [-0.1, -0.05) is 0 Å². The number of aromatic nitrogens is 9. The van der Waals surface area contributed by atoms with E-state index in [2.05, 4.69) is 30.4 Å². The number of hydrogen-bond acceptors (Lipinski definition) is 9. The lowest BCUT2D eigenvalue weighted by molar-refractivity contribution is 0.0556. The van der Waals surface area contributed by atoms with E-state index in [0.717, 1.165) is 29.5 Å². The molecule has 0 saturated carbocycles. The van der Waals surface area contributed by atoms with Gasteiger partial charge in [-0.05, 0) is 57.2 Å². The number of Topliss-reactive ketones (excluding diaryl/α,β-unsaturated/α-hetero) is 1. The van der Waals surface area contributed by atoms with Crippen LogP contribution in [0.1, 0.15) is 70.8 Å². The quantitative estimate of drug-likeness (QED) is 0.321. The lowest BCUT2D eigenvalue weighted by Crippen LogP contribution is -2.46. The summed E-state index contributed by atoms with van der Waals surface area (Å²) in [6, 6.07) is 3.87. The first-order valence-electron chi connectivity index (χ1n) is 13.2. The number of amides is 1. The summed E-state index contributed by atoms with van der Waals surface area (Å²) < 4.78 is 3.24. The molecule has 40 heavy (non-hydrogen) atoms. The standard InChI is InChI=1S/C27H27N11O2/c1-14-9-32-36(12-14)21-6-3-16(10-29-21)20-11-33-38-24(28)22(15(2)39)23(34-26(20)38)17-7-18-4-5-19(8-17)37(18)27(40)25-30-13-31-35-25/h3,6,9-13,17-19H,4-5,7-8,28H2,1-2H3,(H,30,31,35)/t17-,18-,19+. The van der Waals surface area contributed by atoms with Gasteiger partial charge in [0.2, 0.25) is 5.82 Å². The lowest BCUT2D eigenvalue weighted by atomic mass is 9.85. The van der Waals surface area contributed by atoms with Crippen LogP contribution in [0.2, 0.25) is 0 Å². The third-order valence-corrected chi connectivity index (χ3v) is 8.04. The number of nitrogens with one attached hydrogen (secondary N) is 1. The molecule has 7 rings (SSSR count). The van der Waals surface area contributed by atoms with Crippen LogP contribution in [0.5, 0.6) is 0 Å². The molecule has 5 aromatic heterocycles. The highest BCUT2D eigenvalue weighted by atomic mass is 16.2. The topological polar surface area (TPSA) is 166 Å². The van der Waals surface area contributed by atoms with Crippen molar-refractivity contribution in [2.75, 3.05) is 5.73 Å². The van der Waals surface area contributed by atoms with Crippen molar-refractivity contribution in [3.05, 3.63) is 65.9 Å². The van der Waals surface area contributed by atoms with E-state index < -0.39 is 0 Å². The highest BCUT2D eigenvalue weighted by Gasteiger charge is 2.45. The number of hydrogen-bond donors (Lipinski definition) is 2. The molecule has 2 aliphatic rings. The van der Waals surface area contributed by atoms with E-state index in [1.54, 1.807) is 23.3 Å². The van der Waals surface area contributed by atoms with Gasteiger partial charge in [0.25, 0.3) is 5.91 Å². The summed E-state index contributed by atoms with van der Waals surface area (Å²) in [5.41, 5.74) is 10.8. The summed E-state index contributed by atoms with van der Waals surface area (Å²) in [4.78, 5) is 40.4. The van der Waals surface area contributed by atoms with Crippen molar-refractivity contribution in [1.29, 1.82) is 0 Å². The van der Waals surface area contributed by atoms with Gasteiger partial charge in [-0.2, -0.15) is 14.7 Å². The number of H-pyrrole nitrogens is 1. The van der Waals surface area contributed by atoms with Gasteiger partial charge in [0.15, 0.2) is 17.2 Å². The highest BCUT2D eigenvalue weighted by Crippen LogP contribution is 2.45. The zero-order valence-electron chi connectivity index (χ0n) is 22.0. The smallest absolute Gasteiger partial charge is 0.292 e. The van der Waals surface area contributed by atoms with E-state index in [-0.39, 0.29) is 41.3 Å². The van der Waals surface area contributed by atoms with Gasteiger partial charge in [-0.15, -0.1) is 10.2 Å². The molecule has 0 aromatic carbocycles. The van der Waals surface area contributed by atoms with Gasteiger partial charge in [0, 0.05) is 41.5 Å². The number of carbonyl (C=O) groups is 2. The molecule has 202 valence electrons. The molecule has 2 bridgehead atoms. The van der Waals surface area contributed by atoms with Crippen LogP contribution in [-0.4, -0.2) is 73.2 Å². The Balaban J connectivity index is 1.26. The van der Waals surface area contributed by atoms with Gasteiger partial charge in [-0.3, -0.25) is 9.59 Å². The normalized spacial score (nSPS) is 20.4. The number of rotatable bonds is 5. The first kappa shape index (κ1) is 24.1. The molecule has 7 heterocycles. The molecule has 2 aliphatic heterocycles. The number of ketones is 1. The first-order chi connectivity index (χ1) is 19.4. The largest absolute Gasteiger partial charge is 0.383 e. The Labute approximate surface area is 228 Å². The van der Waals surface area contributed by atoms with Crippen molar-refractivity contribution in [2.24, 2.45) is 0 Å². The van der Waals surface area contributed by atoms with Crippen LogP contribution < -0.4 is 5.73 Å². The van der Waals surface area contributed by atoms with Crippen LogP contribution in [0, 0.1) is 6.92 Å². The van der Waals surface area contributed by atoms with Gasteiger partial charge in [-0.25, -0.2) is 14.6 Å². The van der Waals surface area contributed by atoms with E-state index in [1.807, 2.05) is 30.2 Å². The number of nitrogens with two attached hydrogens (primary N) is 1. The minimum atomic E-state index is -0.160. The van der Waals surface area contributed by atoms with Crippen molar-refractivity contribution in [1.82, 2.24) is 49.4 Å². The Kier molecular flexibility index (Phi) is 5.47. The van der Waals surface area contributed by atoms with Gasteiger partial charge < -0.3 is 15.6 Å². The molecule has 1 amide bonds. The highest BCUT2D eigenvalue weighted by molar-refractivity contribution is 6.00. The molecule has 2 fully saturated rings. The fraction of sp³-hybridized carbons (Fsp3) is 0.333. The third-order valence-electron chi connectivity index (χ3n) is 8.04. The average Bonchev–Trinajstić information content (AvgIpc) is 3.75. The third kappa shape index (κ3) is 3.76. The number of piperidine rings is 1. The zero-order chi connectivity index (χ0) is 27.5. The number of anilines is 1. The van der Waals surface area contributed by atoms with Gasteiger partial charge >= 0.3 is 0 Å². The van der Waals surface area contributed by atoms with Crippen molar-refractivity contribution in [3.8, 4) is 16.9 Å². The second-order valence-electron chi connectivity index (χ2n) is 10.6. The minimum Gasteiger partial charge on any atom is -0.383 e. The fourth-order valence-corrected chi connectivity index (χ4v) is 6.28. The van der Waals surface area contributed by atoms with Crippen LogP contribution in [0.15, 0.2) is 43.2 Å². The van der Waals surface area contributed by atoms with E-state index in [4.69, 9.17) is 10.7 Å². The van der Waals surface area contributed by atoms with Crippen LogP contribution in [-0.2, 0) is 0 Å². The molecule has 0 spiro atoms. The van der Waals surface area contributed by atoms with E-state index in [1.165, 1.54) is 17.8 Å². The maximum Gasteiger partial charge on any atom is 0.292 e. The van der Waals surface area contributed by atoms with E-state index in [9.17, 15) is 9.59 Å². The van der Waals surface area contributed by atoms with Crippen LogP contribution >= 0.6 is 0 Å². The summed E-state index contributed by atoms with van der Waals surface area (Å²) in [6.45, 7) is 3.48. The average molecular weight is 538 g/mol. The number of aryl methyl sites for hydroxylation is 1. The predicted octanol–water partition coefficient (Wildman–Crippen LogP) is 2.74. The number of fused-ring (bicyclic) bond motifs is 3. The second kappa shape index (κ2) is 9.07. The van der Waals surface area contributed by atoms with Crippen molar-refractivity contribution in [3.63, 3.8) is 0 Å². The number of aromatic amines is 1. The molecule has 3 atom stereocenters. The van der Waals surface area contributed by atoms with Crippen LogP contribution in [0.3, 0.4) is 0 Å². The number of carbonyl (C=O) groups excluding carboxylic acids is 2.